The summed E-state index contributed by atoms with van der Waals surface area (Å²) in [4.78, 5) is 0. The monoisotopic (exact) mass is 461 g/mol. The molecule has 0 N–H and O–H groups in total. The van der Waals surface area contributed by atoms with Crippen molar-refractivity contribution < 1.29 is 0 Å². The number of nitrogens with zero attached hydrogens (tertiary/aromatic N) is 1. The standard InChI is InChI=1S/C31H44NP/c1-2-6-28(7-3-1)33-32-9-5-4-8-31(32,29-16-22-10-23(17-29)12-24(11-22)18-29)30-19-25-13-26(20-30)15-27(14-25)21-30/h1-3,6-7,22-27,33H,4-5,8-21H2. The molecule has 1 nitrogen and oxygen atoms in total. The van der Waals surface area contributed by atoms with Crippen LogP contribution in [-0.4, -0.2) is 16.8 Å². The predicted molar refractivity (Wildman–Crippen MR) is 139 cm³/mol. The number of rotatable bonds is 4. The number of piperidine rings is 1. The molecule has 8 bridgehead atoms. The molecule has 1 saturated heterocycles. The lowest BCUT2D eigenvalue weighted by atomic mass is 9.34. The van der Waals surface area contributed by atoms with Crippen LogP contribution in [-0.2, 0) is 0 Å². The fourth-order valence-corrected chi connectivity index (χ4v) is 14.4. The van der Waals surface area contributed by atoms with Crippen molar-refractivity contribution in [2.24, 2.45) is 46.3 Å². The van der Waals surface area contributed by atoms with Crippen LogP contribution in [0.5, 0.6) is 0 Å². The lowest BCUT2D eigenvalue weighted by Crippen LogP contribution is -2.74. The van der Waals surface area contributed by atoms with Crippen molar-refractivity contribution in [3.8, 4) is 0 Å². The van der Waals surface area contributed by atoms with E-state index in [0.29, 0.717) is 16.4 Å². The molecule has 1 aliphatic heterocycles. The molecule has 33 heavy (non-hydrogen) atoms. The molecule has 9 fully saturated rings. The molecule has 1 unspecified atom stereocenters. The lowest BCUT2D eigenvalue weighted by Gasteiger charge is -2.76. The molecule has 1 heterocycles. The Balaban J connectivity index is 1.29. The molecular weight excluding hydrogens is 417 g/mol. The van der Waals surface area contributed by atoms with Crippen molar-refractivity contribution in [1.29, 1.82) is 0 Å². The van der Waals surface area contributed by atoms with E-state index in [0.717, 1.165) is 44.2 Å². The van der Waals surface area contributed by atoms with E-state index in [4.69, 9.17) is 0 Å². The minimum Gasteiger partial charge on any atom is -0.274 e. The first kappa shape index (κ1) is 20.8. The van der Waals surface area contributed by atoms with Gasteiger partial charge in [0.1, 0.15) is 0 Å². The van der Waals surface area contributed by atoms with E-state index in [1.165, 1.54) is 19.4 Å². The van der Waals surface area contributed by atoms with Gasteiger partial charge in [-0.05, 0) is 150 Å². The molecule has 1 aromatic carbocycles. The summed E-state index contributed by atoms with van der Waals surface area (Å²) in [5.74, 6) is 6.45. The predicted octanol–water partition coefficient (Wildman–Crippen LogP) is 7.56. The quantitative estimate of drug-likeness (QED) is 0.418. The third kappa shape index (κ3) is 2.91. The van der Waals surface area contributed by atoms with Crippen LogP contribution in [0.25, 0.3) is 0 Å². The Morgan fingerprint density at radius 1 is 0.606 bits per heavy atom. The van der Waals surface area contributed by atoms with Crippen LogP contribution in [0.3, 0.4) is 0 Å². The summed E-state index contributed by atoms with van der Waals surface area (Å²) in [5.41, 5.74) is 1.81. The molecule has 2 heteroatoms. The Hall–Kier alpha value is -0.390. The van der Waals surface area contributed by atoms with Crippen molar-refractivity contribution in [3.05, 3.63) is 30.3 Å². The van der Waals surface area contributed by atoms with Crippen LogP contribution in [0.2, 0.25) is 0 Å². The topological polar surface area (TPSA) is 3.24 Å². The Labute approximate surface area is 203 Å². The van der Waals surface area contributed by atoms with Crippen molar-refractivity contribution in [1.82, 2.24) is 4.67 Å². The molecule has 8 aliphatic carbocycles. The van der Waals surface area contributed by atoms with Crippen LogP contribution in [0.4, 0.5) is 0 Å². The fraction of sp³-hybridized carbons (Fsp3) is 0.806. The van der Waals surface area contributed by atoms with Gasteiger partial charge in [0.25, 0.3) is 0 Å². The molecule has 0 radical (unpaired) electrons. The number of benzene rings is 1. The minimum absolute atomic E-state index is 0.512. The van der Waals surface area contributed by atoms with Crippen molar-refractivity contribution in [2.75, 3.05) is 6.54 Å². The molecule has 9 aliphatic rings. The maximum Gasteiger partial charge on any atom is 0.0359 e. The van der Waals surface area contributed by atoms with Crippen molar-refractivity contribution in [2.45, 2.75) is 102 Å². The molecule has 1 atom stereocenters. The lowest BCUT2D eigenvalue weighted by molar-refractivity contribution is -0.229. The molecule has 0 aromatic heterocycles. The van der Waals surface area contributed by atoms with E-state index in [9.17, 15) is 0 Å². The molecule has 178 valence electrons. The largest absolute Gasteiger partial charge is 0.274 e. The smallest absolute Gasteiger partial charge is 0.0359 e. The van der Waals surface area contributed by atoms with Crippen molar-refractivity contribution in [3.63, 3.8) is 0 Å². The zero-order valence-corrected chi connectivity index (χ0v) is 21.6. The second-order valence-electron chi connectivity index (χ2n) is 14.3. The summed E-state index contributed by atoms with van der Waals surface area (Å²) in [5, 5.41) is 1.61. The fourth-order valence-electron chi connectivity index (χ4n) is 12.7. The zero-order valence-electron chi connectivity index (χ0n) is 20.6. The molecule has 8 saturated carbocycles. The average molecular weight is 462 g/mol. The van der Waals surface area contributed by atoms with Crippen molar-refractivity contribution >= 4 is 14.0 Å². The first-order valence-electron chi connectivity index (χ1n) is 14.7. The highest BCUT2D eigenvalue weighted by Crippen LogP contribution is 2.76. The zero-order chi connectivity index (χ0) is 21.7. The van der Waals surface area contributed by atoms with E-state index < -0.39 is 0 Å². The first-order chi connectivity index (χ1) is 16.2. The van der Waals surface area contributed by atoms with Crippen LogP contribution in [0.1, 0.15) is 96.3 Å². The summed E-state index contributed by atoms with van der Waals surface area (Å²) in [6.07, 6.45) is 23.7. The molecule has 10 rings (SSSR count). The van der Waals surface area contributed by atoms with Gasteiger partial charge in [0.15, 0.2) is 0 Å². The van der Waals surface area contributed by atoms with Gasteiger partial charge in [0.05, 0.1) is 0 Å². The van der Waals surface area contributed by atoms with E-state index in [2.05, 4.69) is 35.0 Å². The molecule has 1 aromatic rings. The highest BCUT2D eigenvalue weighted by atomic mass is 31.1. The van der Waals surface area contributed by atoms with Gasteiger partial charge >= 0.3 is 0 Å². The van der Waals surface area contributed by atoms with Gasteiger partial charge in [0.2, 0.25) is 0 Å². The van der Waals surface area contributed by atoms with E-state index in [-0.39, 0.29) is 0 Å². The third-order valence-electron chi connectivity index (χ3n) is 12.5. The molecule has 0 spiro atoms. The molecule has 0 amide bonds. The Kier molecular flexibility index (Phi) is 4.61. The summed E-state index contributed by atoms with van der Waals surface area (Å²) in [7, 11) is 0.901. The van der Waals surface area contributed by atoms with Gasteiger partial charge in [-0.3, -0.25) is 4.67 Å². The Morgan fingerprint density at radius 3 is 1.52 bits per heavy atom. The minimum atomic E-state index is 0.512. The highest BCUT2D eigenvalue weighted by Gasteiger charge is 2.71. The maximum absolute atomic E-state index is 3.24. The molecular formula is C31H44NP. The summed E-state index contributed by atoms with van der Waals surface area (Å²) in [6.45, 7) is 1.39. The van der Waals surface area contributed by atoms with Gasteiger partial charge in [-0.1, -0.05) is 36.8 Å². The number of hydrogen-bond acceptors (Lipinski definition) is 1. The third-order valence-corrected chi connectivity index (χ3v) is 14.0. The van der Waals surface area contributed by atoms with Crippen LogP contribution in [0, 0.1) is 46.3 Å². The van der Waals surface area contributed by atoms with Gasteiger partial charge in [-0.25, -0.2) is 0 Å². The van der Waals surface area contributed by atoms with Crippen LogP contribution >= 0.6 is 8.73 Å². The summed E-state index contributed by atoms with van der Waals surface area (Å²) >= 11 is 0. The van der Waals surface area contributed by atoms with Gasteiger partial charge in [-0.2, -0.15) is 0 Å². The van der Waals surface area contributed by atoms with Crippen LogP contribution in [0.15, 0.2) is 30.3 Å². The first-order valence-corrected chi connectivity index (χ1v) is 15.7. The van der Waals surface area contributed by atoms with E-state index in [1.807, 2.05) is 0 Å². The average Bonchev–Trinajstić information content (AvgIpc) is 2.78. The second kappa shape index (κ2) is 7.32. The Bertz CT molecular complexity index is 790. The second-order valence-corrected chi connectivity index (χ2v) is 15.7. The summed E-state index contributed by atoms with van der Waals surface area (Å²) < 4.78 is 3.24. The number of hydrogen-bond donors (Lipinski definition) is 0. The van der Waals surface area contributed by atoms with Crippen LogP contribution < -0.4 is 5.30 Å². The van der Waals surface area contributed by atoms with Gasteiger partial charge < -0.3 is 0 Å². The van der Waals surface area contributed by atoms with E-state index >= 15 is 0 Å². The summed E-state index contributed by atoms with van der Waals surface area (Å²) in [6, 6.07) is 11.7. The SMILES string of the molecule is c1ccc(PN2CCCCC2(C23CC4CC(CC(C4)C2)C3)C23CC4CC(CC(C4)C2)C3)cc1. The normalized spacial score (nSPS) is 52.8. The van der Waals surface area contributed by atoms with E-state index in [1.54, 1.807) is 88.8 Å². The highest BCUT2D eigenvalue weighted by molar-refractivity contribution is 7.44. The van der Waals surface area contributed by atoms with Gasteiger partial charge in [0, 0.05) is 12.1 Å². The maximum atomic E-state index is 3.24. The van der Waals surface area contributed by atoms with Gasteiger partial charge in [-0.15, -0.1) is 0 Å². The Morgan fingerprint density at radius 2 is 1.06 bits per heavy atom.